The fourth-order valence-electron chi connectivity index (χ4n) is 7.10. The molecule has 12 nitrogen and oxygen atoms in total. The largest absolute Gasteiger partial charge is 0.479 e. The van der Waals surface area contributed by atoms with Gasteiger partial charge < -0.3 is 39.0 Å². The van der Waals surface area contributed by atoms with Gasteiger partial charge in [0.05, 0.1) is 13.0 Å². The number of carboxylic acids is 1. The van der Waals surface area contributed by atoms with Crippen LogP contribution in [0.3, 0.4) is 0 Å². The van der Waals surface area contributed by atoms with Crippen LogP contribution in [0.5, 0.6) is 0 Å². The maximum Gasteiger partial charge on any atom is 0.335 e. The van der Waals surface area contributed by atoms with Crippen LogP contribution in [-0.2, 0) is 42.9 Å². The Morgan fingerprint density at radius 1 is 0.507 bits per heavy atom. The van der Waals surface area contributed by atoms with Crippen molar-refractivity contribution >= 4 is 23.9 Å². The molecule has 6 atom stereocenters. The summed E-state index contributed by atoms with van der Waals surface area (Å²) in [5, 5.41) is 31.3. The number of aliphatic hydroxyl groups is 2. The van der Waals surface area contributed by atoms with Crippen molar-refractivity contribution in [2.24, 2.45) is 0 Å². The summed E-state index contributed by atoms with van der Waals surface area (Å²) in [6.07, 6.45) is 45.7. The van der Waals surface area contributed by atoms with Crippen molar-refractivity contribution in [3.8, 4) is 0 Å². The molecule has 69 heavy (non-hydrogen) atoms. The molecule has 1 heterocycles. The zero-order valence-electron chi connectivity index (χ0n) is 42.5. The number of allylic oxidation sites excluding steroid dienone is 15. The fraction of sp³-hybridized carbons (Fsp3) is 0.649. The second kappa shape index (κ2) is 44.8. The number of unbranched alkanes of at least 4 members (excludes halogenated alkanes) is 13. The first-order chi connectivity index (χ1) is 33.6. The number of carboxylic acid groups (broad SMARTS) is 1. The molecule has 0 radical (unpaired) electrons. The number of carbonyl (C=O) groups excluding carboxylic acids is 3. The minimum absolute atomic E-state index is 0.0215. The lowest BCUT2D eigenvalue weighted by Gasteiger charge is -2.40. The molecule has 1 aliphatic rings. The molecule has 0 bridgehead atoms. The van der Waals surface area contributed by atoms with Crippen molar-refractivity contribution in [3.63, 3.8) is 0 Å². The van der Waals surface area contributed by atoms with E-state index in [0.29, 0.717) is 19.3 Å². The minimum Gasteiger partial charge on any atom is -0.479 e. The number of aliphatic hydroxyl groups excluding tert-OH is 2. The Balaban J connectivity index is 2.80. The van der Waals surface area contributed by atoms with Gasteiger partial charge in [0.25, 0.3) is 0 Å². The van der Waals surface area contributed by atoms with Crippen LogP contribution in [0.15, 0.2) is 97.2 Å². The van der Waals surface area contributed by atoms with Gasteiger partial charge >= 0.3 is 23.9 Å². The Bertz CT molecular complexity index is 1570. The van der Waals surface area contributed by atoms with Crippen molar-refractivity contribution < 1.29 is 58.2 Å². The molecule has 0 saturated carbocycles. The first kappa shape index (κ1) is 62.7. The molecule has 6 unspecified atom stereocenters. The van der Waals surface area contributed by atoms with Crippen LogP contribution < -0.4 is 0 Å². The van der Waals surface area contributed by atoms with Crippen molar-refractivity contribution in [2.45, 2.75) is 225 Å². The van der Waals surface area contributed by atoms with Gasteiger partial charge in [-0.15, -0.1) is 0 Å². The summed E-state index contributed by atoms with van der Waals surface area (Å²) in [6.45, 7) is 5.63. The van der Waals surface area contributed by atoms with E-state index in [-0.39, 0.29) is 25.9 Å². The SMILES string of the molecule is CC/C=C\C/C=C\C/C=C\C/C=C\C/C=C\CC(=O)OCC(COC1OC(C(=O)O)C(O)C(O)C1OC(=O)CCCCCCC/C=C\C/C=C\CCC)OC(=O)CCCCCCC/C=C\CCCC. The summed E-state index contributed by atoms with van der Waals surface area (Å²) in [5.41, 5.74) is 0. The quantitative estimate of drug-likeness (QED) is 0.0229. The summed E-state index contributed by atoms with van der Waals surface area (Å²) in [7, 11) is 0. The van der Waals surface area contributed by atoms with Crippen LogP contribution >= 0.6 is 0 Å². The highest BCUT2D eigenvalue weighted by atomic mass is 16.7. The van der Waals surface area contributed by atoms with Gasteiger partial charge in [0.2, 0.25) is 0 Å². The Hall–Kier alpha value is -4.36. The highest BCUT2D eigenvalue weighted by molar-refractivity contribution is 5.74. The van der Waals surface area contributed by atoms with Gasteiger partial charge in [-0.25, -0.2) is 4.79 Å². The average Bonchev–Trinajstić information content (AvgIpc) is 3.33. The molecule has 0 amide bonds. The van der Waals surface area contributed by atoms with Gasteiger partial charge in [0.1, 0.15) is 18.8 Å². The third-order valence-corrected chi connectivity index (χ3v) is 11.1. The van der Waals surface area contributed by atoms with Crippen LogP contribution in [0, 0.1) is 0 Å². The number of esters is 3. The van der Waals surface area contributed by atoms with Crippen LogP contribution in [0.1, 0.15) is 188 Å². The van der Waals surface area contributed by atoms with E-state index < -0.39 is 67.3 Å². The van der Waals surface area contributed by atoms with Gasteiger partial charge in [-0.05, 0) is 89.9 Å². The number of hydrogen-bond acceptors (Lipinski definition) is 11. The number of ether oxygens (including phenoxy) is 5. The van der Waals surface area contributed by atoms with Crippen LogP contribution in [0.25, 0.3) is 0 Å². The number of aliphatic carboxylic acids is 1. The summed E-state index contributed by atoms with van der Waals surface area (Å²) in [4.78, 5) is 50.8. The maximum absolute atomic E-state index is 13.0. The third kappa shape index (κ3) is 35.4. The third-order valence-electron chi connectivity index (χ3n) is 11.1. The minimum atomic E-state index is -1.92. The van der Waals surface area contributed by atoms with Crippen molar-refractivity contribution in [3.05, 3.63) is 97.2 Å². The highest BCUT2D eigenvalue weighted by Crippen LogP contribution is 2.26. The number of rotatable bonds is 42. The lowest BCUT2D eigenvalue weighted by molar-refractivity contribution is -0.301. The van der Waals surface area contributed by atoms with E-state index in [4.69, 9.17) is 23.7 Å². The van der Waals surface area contributed by atoms with Crippen LogP contribution in [0.2, 0.25) is 0 Å². The predicted octanol–water partition coefficient (Wildman–Crippen LogP) is 12.6. The monoisotopic (exact) mass is 967 g/mol. The molecule has 3 N–H and O–H groups in total. The highest BCUT2D eigenvalue weighted by Gasteiger charge is 2.50. The molecule has 1 saturated heterocycles. The number of hydrogen-bond donors (Lipinski definition) is 3. The maximum atomic E-state index is 13.0. The van der Waals surface area contributed by atoms with Gasteiger partial charge in [-0.3, -0.25) is 14.4 Å². The lowest BCUT2D eigenvalue weighted by Crippen LogP contribution is -2.61. The molecule has 390 valence electrons. The molecular formula is C57H90O12. The molecule has 0 aromatic carbocycles. The summed E-state index contributed by atoms with van der Waals surface area (Å²) in [5.74, 6) is -3.33. The standard InChI is InChI=1S/C57H90O12/c1-4-7-10-13-16-19-22-24-25-27-29-31-34-37-40-43-49(58)65-46-48(67-50(59)44-41-38-35-32-28-21-18-15-12-9-6-3)47-66-57-55(53(62)52(61)54(69-57)56(63)64)68-51(60)45-42-39-36-33-30-26-23-20-17-14-11-8-5-2/h7,10-11,14-16,18-20,23-25,29,31,37,40,48,52-55,57,61-62H,4-6,8-9,12-13,17,21-22,26-28,30,32-36,38-39,41-47H2,1-3H3,(H,63,64)/b10-7-,14-11-,18-15-,19-16-,23-20-,25-24-,31-29-,40-37-. The normalized spacial score (nSPS) is 19.5. The van der Waals surface area contributed by atoms with E-state index in [1.54, 1.807) is 6.08 Å². The van der Waals surface area contributed by atoms with E-state index in [1.807, 2.05) is 12.2 Å². The van der Waals surface area contributed by atoms with E-state index in [9.17, 15) is 34.5 Å². The molecule has 1 rings (SSSR count). The van der Waals surface area contributed by atoms with Gasteiger partial charge in [0, 0.05) is 12.8 Å². The van der Waals surface area contributed by atoms with E-state index >= 15 is 0 Å². The van der Waals surface area contributed by atoms with Crippen molar-refractivity contribution in [2.75, 3.05) is 13.2 Å². The summed E-state index contributed by atoms with van der Waals surface area (Å²) < 4.78 is 28.1. The molecule has 0 aromatic rings. The molecule has 0 aromatic heterocycles. The van der Waals surface area contributed by atoms with Crippen molar-refractivity contribution in [1.29, 1.82) is 0 Å². The molecule has 1 fully saturated rings. The smallest absolute Gasteiger partial charge is 0.335 e. The van der Waals surface area contributed by atoms with Gasteiger partial charge in [-0.1, -0.05) is 176 Å². The molecule has 12 heteroatoms. The van der Waals surface area contributed by atoms with Crippen LogP contribution in [-0.4, -0.2) is 89.2 Å². The second-order valence-electron chi connectivity index (χ2n) is 17.4. The molecule has 0 aliphatic carbocycles. The Kier molecular flexibility index (Phi) is 40.7. The van der Waals surface area contributed by atoms with Gasteiger partial charge in [-0.2, -0.15) is 0 Å². The summed E-state index contributed by atoms with van der Waals surface area (Å²) in [6, 6.07) is 0. The predicted molar refractivity (Wildman–Crippen MR) is 275 cm³/mol. The first-order valence-electron chi connectivity index (χ1n) is 26.2. The van der Waals surface area contributed by atoms with E-state index in [0.717, 1.165) is 116 Å². The molecule has 1 aliphatic heterocycles. The van der Waals surface area contributed by atoms with E-state index in [2.05, 4.69) is 99.8 Å². The fourth-order valence-corrected chi connectivity index (χ4v) is 7.10. The second-order valence-corrected chi connectivity index (χ2v) is 17.4. The van der Waals surface area contributed by atoms with Gasteiger partial charge in [0.15, 0.2) is 24.6 Å². The zero-order valence-corrected chi connectivity index (χ0v) is 42.5. The molecular weight excluding hydrogens is 877 g/mol. The Labute approximate surface area is 415 Å². The summed E-state index contributed by atoms with van der Waals surface area (Å²) >= 11 is 0. The average molecular weight is 967 g/mol. The van der Waals surface area contributed by atoms with E-state index in [1.165, 1.54) is 12.8 Å². The van der Waals surface area contributed by atoms with Crippen molar-refractivity contribution in [1.82, 2.24) is 0 Å². The first-order valence-corrected chi connectivity index (χ1v) is 26.2. The number of carbonyl (C=O) groups is 4. The Morgan fingerprint density at radius 2 is 0.986 bits per heavy atom. The van der Waals surface area contributed by atoms with Crippen LogP contribution in [0.4, 0.5) is 0 Å². The Morgan fingerprint density at radius 3 is 1.54 bits per heavy atom. The topological polar surface area (TPSA) is 175 Å². The zero-order chi connectivity index (χ0) is 50.4. The lowest BCUT2D eigenvalue weighted by atomic mass is 9.98. The molecule has 0 spiro atoms.